The van der Waals surface area contributed by atoms with Gasteiger partial charge in [0.25, 0.3) is 0 Å². The molecule has 0 radical (unpaired) electrons. The van der Waals surface area contributed by atoms with E-state index in [-0.39, 0.29) is 123 Å². The number of nitrogens with zero attached hydrogens (tertiary/aromatic N) is 5. The highest BCUT2D eigenvalue weighted by molar-refractivity contribution is 14.1. The number of carbonyl (C=O) groups is 8. The number of fused-ring (bicyclic) bond motifs is 6. The molecule has 2 aliphatic heterocycles. The SMILES string of the molecule is C.CC(C)(O)[C@H](NC(=O)OCC1c2ccccc2-c2ccccc21)C(=O)O.CC[C@H](C)[C@@H]([C@@H](CC(=O)N1CCC[C@H]1[C@H](OC)[C@@H](C)C(=O)C[C@@H](Cc1ccccc1)c1nccs1)OC)N(C)C(=O)[C@@H](CC(=O)OCC1c2ccccc2-c2ccccc21)C(C)(C)O.CC[C@H](C)[C@H](NC)[C@@H](CC(=O)N1CCC[C@H]1[C@H](OC)[C@@H](C)C(=O)C[C@@H](Cc1ccccc1)c1nccs1)OC.CI. The predicted octanol–water partition coefficient (Wildman–Crippen LogP) is 18.0. The van der Waals surface area contributed by atoms with Gasteiger partial charge >= 0.3 is 18.0 Å². The molecule has 718 valence electrons. The second-order valence-corrected chi connectivity index (χ2v) is 38.0. The van der Waals surface area contributed by atoms with Crippen molar-refractivity contribution in [2.75, 3.05) is 73.8 Å². The zero-order valence-electron chi connectivity index (χ0n) is 79.2. The number of nitrogens with one attached hydrogen (secondary N) is 2. The summed E-state index contributed by atoms with van der Waals surface area (Å²) in [4.78, 5) is 124. The molecule has 12 rings (SSSR count). The van der Waals surface area contributed by atoms with Crippen molar-refractivity contribution in [1.29, 1.82) is 0 Å². The van der Waals surface area contributed by atoms with Crippen LogP contribution in [0.4, 0.5) is 4.79 Å². The lowest BCUT2D eigenvalue weighted by Gasteiger charge is -2.41. The topological polar surface area (TPSA) is 312 Å². The van der Waals surface area contributed by atoms with Crippen LogP contribution in [0.25, 0.3) is 22.3 Å². The molecule has 2 fully saturated rings. The number of ether oxygens (including phenoxy) is 6. The molecule has 2 aromatic heterocycles. The van der Waals surface area contributed by atoms with Crippen molar-refractivity contribution < 1.29 is 82.1 Å². The van der Waals surface area contributed by atoms with E-state index in [0.717, 1.165) is 92.2 Å². The van der Waals surface area contributed by atoms with Crippen LogP contribution in [0, 0.1) is 29.6 Å². The minimum atomic E-state index is -1.61. The van der Waals surface area contributed by atoms with Gasteiger partial charge in [-0.25, -0.2) is 19.6 Å². The highest BCUT2D eigenvalue weighted by atomic mass is 127. The molecule has 0 spiro atoms. The number of hydrogen-bond donors (Lipinski definition) is 5. The number of amides is 4. The van der Waals surface area contributed by atoms with Crippen molar-refractivity contribution in [3.05, 3.63) is 224 Å². The Morgan fingerprint density at radius 2 is 0.917 bits per heavy atom. The number of likely N-dealkylation sites (N-methyl/N-ethyl adjacent to an activating group) is 2. The molecular weight excluding hydrogens is 1820 g/mol. The zero-order valence-corrected chi connectivity index (χ0v) is 83.0. The summed E-state index contributed by atoms with van der Waals surface area (Å²) in [5.41, 5.74) is 7.90. The molecule has 8 aromatic rings. The number of carboxylic acids is 1. The van der Waals surface area contributed by atoms with Crippen LogP contribution in [0.5, 0.6) is 0 Å². The lowest BCUT2D eigenvalue weighted by Crippen LogP contribution is -2.55. The average Bonchev–Trinajstić information content (AvgIpc) is 1.62. The number of methoxy groups -OCH3 is 4. The number of alkyl carbamates (subject to hydrolysis) is 1. The molecule has 4 heterocycles. The van der Waals surface area contributed by atoms with E-state index in [9.17, 15) is 48.6 Å². The number of likely N-dealkylation sites (tertiary alicyclic amines) is 2. The Morgan fingerprint density at radius 1 is 0.530 bits per heavy atom. The van der Waals surface area contributed by atoms with Gasteiger partial charge in [0.05, 0.1) is 88.9 Å². The van der Waals surface area contributed by atoms with Crippen molar-refractivity contribution in [2.24, 2.45) is 29.6 Å². The Kier molecular flexibility index (Phi) is 42.8. The molecular formula is C105H142IN7O17S2. The first kappa shape index (κ1) is 108. The minimum absolute atomic E-state index is 0. The van der Waals surface area contributed by atoms with Crippen LogP contribution < -0.4 is 10.6 Å². The van der Waals surface area contributed by atoms with Crippen LogP contribution in [-0.4, -0.2) is 227 Å². The van der Waals surface area contributed by atoms with Crippen LogP contribution in [0.1, 0.15) is 214 Å². The van der Waals surface area contributed by atoms with E-state index >= 15 is 0 Å². The third kappa shape index (κ3) is 28.1. The molecule has 2 saturated heterocycles. The summed E-state index contributed by atoms with van der Waals surface area (Å²) in [7, 11) is 10.1. The molecule has 4 aliphatic rings. The van der Waals surface area contributed by atoms with E-state index in [4.69, 9.17) is 33.5 Å². The van der Waals surface area contributed by atoms with Gasteiger partial charge in [-0.15, -0.1) is 22.7 Å². The largest absolute Gasteiger partial charge is 0.480 e. The van der Waals surface area contributed by atoms with E-state index in [2.05, 4.69) is 93.4 Å². The fraction of sp³-hybridized carbons (Fsp3) is 0.524. The molecule has 0 bridgehead atoms. The number of rotatable bonds is 43. The lowest BCUT2D eigenvalue weighted by molar-refractivity contribution is -0.159. The minimum Gasteiger partial charge on any atom is -0.480 e. The predicted molar refractivity (Wildman–Crippen MR) is 529 cm³/mol. The van der Waals surface area contributed by atoms with Crippen molar-refractivity contribution >= 4 is 92.6 Å². The summed E-state index contributed by atoms with van der Waals surface area (Å²) in [5, 5.41) is 41.9. The van der Waals surface area contributed by atoms with Gasteiger partial charge in [0.2, 0.25) is 17.7 Å². The van der Waals surface area contributed by atoms with Crippen LogP contribution >= 0.6 is 45.3 Å². The van der Waals surface area contributed by atoms with Gasteiger partial charge in [-0.05, 0) is 146 Å². The number of Topliss-reactive ketones (excluding diaryl/α,β-unsaturated/α-hetero) is 2. The number of aromatic nitrogens is 2. The Balaban J connectivity index is 0.000000267. The van der Waals surface area contributed by atoms with Crippen LogP contribution in [0.15, 0.2) is 181 Å². The first-order valence-electron chi connectivity index (χ1n) is 45.9. The maximum atomic E-state index is 14.6. The van der Waals surface area contributed by atoms with Crippen molar-refractivity contribution in [3.8, 4) is 22.3 Å². The van der Waals surface area contributed by atoms with Crippen LogP contribution in [0.3, 0.4) is 0 Å². The third-order valence-electron chi connectivity index (χ3n) is 26.9. The number of halogens is 1. The number of carbonyl (C=O) groups excluding carboxylic acids is 7. The molecule has 132 heavy (non-hydrogen) atoms. The van der Waals surface area contributed by atoms with Crippen molar-refractivity contribution in [2.45, 2.75) is 250 Å². The molecule has 27 heteroatoms. The number of esters is 1. The summed E-state index contributed by atoms with van der Waals surface area (Å²) >= 11 is 5.30. The van der Waals surface area contributed by atoms with E-state index in [0.29, 0.717) is 57.5 Å². The maximum Gasteiger partial charge on any atom is 0.407 e. The number of hydrogen-bond acceptors (Lipinski definition) is 21. The Labute approximate surface area is 804 Å². The smallest absolute Gasteiger partial charge is 0.407 e. The number of benzene rings is 6. The summed E-state index contributed by atoms with van der Waals surface area (Å²) in [6, 6.07) is 50.1. The fourth-order valence-electron chi connectivity index (χ4n) is 19.4. The van der Waals surface area contributed by atoms with Gasteiger partial charge in [-0.3, -0.25) is 28.8 Å². The number of aliphatic carboxylic acids is 1. The molecule has 16 atom stereocenters. The molecule has 5 N–H and O–H groups in total. The van der Waals surface area contributed by atoms with Gasteiger partial charge in [0, 0.05) is 126 Å². The van der Waals surface area contributed by atoms with E-state index in [1.165, 1.54) is 33.3 Å². The first-order chi connectivity index (χ1) is 62.8. The van der Waals surface area contributed by atoms with Gasteiger partial charge in [0.15, 0.2) is 6.04 Å². The standard InChI is InChI=1S/C52H67N3O8S.C31H47N3O4S.C20H21NO5.CH3I.CH4/c1-9-33(2)48(54(6)51(59)42(52(4,5)60)30-47(58)63-32-41-39-22-15-13-20-37(39)38-21-14-16-23-40(38)41)45(61-7)31-46(57)55-26-17-24-43(55)49(62-8)34(3)44(56)29-36(50-53-25-27-64-50)28-35-18-11-10-12-19-35;1-7-21(2)29(32-4)27(37-5)20-28(36)34-16-11-14-25(34)30(38-6)22(3)26(35)19-24(31-33-15-17-39-31)18-23-12-9-8-10-13-23;1-20(2,25)17(18(22)23)21-19(24)26-11-16-14-9-5-3-7-12(14)13-8-4-6-10-15(13)16;1-2;/h10-16,18-23,25,27,33-34,36,41-43,45,48-49,60H,9,17,24,26,28-32H2,1-8H3;8-10,12-13,15,17,21-22,24-25,27,29-30,32H,7,11,14,16,18-20H2,1-6H3;3-10,16-17,25H,11H2,1-2H3,(H,21,24)(H,22,23);1H3;1H4/t33-,34-,36+,42+,43-,45+,48-,49+;21-,22-,24+,25-,27+,29-,30+;17-;;/m001../s1. The average molecular weight is 1970 g/mol. The molecule has 4 amide bonds. The number of thiazole rings is 2. The quantitative estimate of drug-likeness (QED) is 0.0135. The fourth-order valence-corrected chi connectivity index (χ4v) is 20.9. The normalized spacial score (nSPS) is 17.7. The third-order valence-corrected chi connectivity index (χ3v) is 28.8. The summed E-state index contributed by atoms with van der Waals surface area (Å²) in [6.07, 6.45) is 7.93. The highest BCUT2D eigenvalue weighted by Gasteiger charge is 2.47. The lowest BCUT2D eigenvalue weighted by atomic mass is 9.84. The second kappa shape index (κ2) is 52.2. The Hall–Kier alpha value is -9.01. The highest BCUT2D eigenvalue weighted by Crippen LogP contribution is 2.47. The van der Waals surface area contributed by atoms with E-state index in [1.54, 1.807) is 75.5 Å². The van der Waals surface area contributed by atoms with Gasteiger partial charge in [0.1, 0.15) is 24.8 Å². The van der Waals surface area contributed by atoms with Crippen LogP contribution in [-0.2, 0) is 74.8 Å². The number of aliphatic hydroxyl groups is 2. The van der Waals surface area contributed by atoms with E-state index in [1.807, 2.05) is 182 Å². The van der Waals surface area contributed by atoms with Gasteiger partial charge in [-0.1, -0.05) is 242 Å². The molecule has 0 saturated carbocycles. The Morgan fingerprint density at radius 3 is 1.27 bits per heavy atom. The van der Waals surface area contributed by atoms with Gasteiger partial charge < -0.3 is 69.1 Å². The monoisotopic (exact) mass is 1960 g/mol. The molecule has 24 nitrogen and oxygen atoms in total. The van der Waals surface area contributed by atoms with E-state index < -0.39 is 71.3 Å². The summed E-state index contributed by atoms with van der Waals surface area (Å²) < 4.78 is 35.1. The second-order valence-electron chi connectivity index (χ2n) is 36.1. The zero-order chi connectivity index (χ0) is 95.4. The first-order valence-corrected chi connectivity index (χ1v) is 49.8. The maximum absolute atomic E-state index is 14.6. The number of ketones is 2. The number of carboxylic acid groups (broad SMARTS) is 1. The van der Waals surface area contributed by atoms with Gasteiger partial charge in [-0.2, -0.15) is 0 Å². The van der Waals surface area contributed by atoms with Crippen LogP contribution in [0.2, 0.25) is 0 Å². The summed E-state index contributed by atoms with van der Waals surface area (Å²) in [6.45, 7) is 19.3. The summed E-state index contributed by atoms with van der Waals surface area (Å²) in [5.74, 6) is -4.19. The van der Waals surface area contributed by atoms with Crippen molar-refractivity contribution in [3.63, 3.8) is 0 Å². The molecule has 2 aliphatic carbocycles. The molecule has 0 unspecified atom stereocenters. The van der Waals surface area contributed by atoms with Crippen molar-refractivity contribution in [1.82, 2.24) is 35.3 Å². The Bertz CT molecular complexity index is 4850. The molecule has 6 aromatic carbocycles. The number of alkyl halides is 1.